The molecule has 0 saturated carbocycles. The van der Waals surface area contributed by atoms with Gasteiger partial charge in [-0.05, 0) is 48.4 Å². The van der Waals surface area contributed by atoms with Crippen molar-refractivity contribution in [3.8, 4) is 16.9 Å². The van der Waals surface area contributed by atoms with Crippen LogP contribution in [0.3, 0.4) is 0 Å². The van der Waals surface area contributed by atoms with Crippen LogP contribution in [0.5, 0.6) is 0 Å². The number of hydrogen-bond donors (Lipinski definition) is 3. The van der Waals surface area contributed by atoms with Crippen LogP contribution in [0, 0.1) is 12.7 Å². The maximum Gasteiger partial charge on any atom is 0.320 e. The Bertz CT molecular complexity index is 1610. The van der Waals surface area contributed by atoms with Crippen molar-refractivity contribution in [3.05, 3.63) is 95.1 Å². The Hall–Kier alpha value is -4.16. The first-order chi connectivity index (χ1) is 21.4. The fraction of sp³-hybridized carbons (Fsp3) is 0.364. The van der Waals surface area contributed by atoms with Crippen molar-refractivity contribution in [1.29, 1.82) is 0 Å². The number of β-amino-alcohol motifs (C(OH)–C–C–N with tert-alkyl or cyclic N) is 1. The van der Waals surface area contributed by atoms with Crippen molar-refractivity contribution in [2.24, 2.45) is 0 Å². The van der Waals surface area contributed by atoms with Gasteiger partial charge in [-0.1, -0.05) is 30.3 Å². The number of amides is 2. The van der Waals surface area contributed by atoms with E-state index in [9.17, 15) is 14.3 Å². The van der Waals surface area contributed by atoms with E-state index < -0.39 is 0 Å². The lowest BCUT2D eigenvalue weighted by Gasteiger charge is -2.21. The predicted octanol–water partition coefficient (Wildman–Crippen LogP) is 3.93. The normalized spacial score (nSPS) is 18.5. The van der Waals surface area contributed by atoms with Crippen molar-refractivity contribution in [2.75, 3.05) is 51.8 Å². The van der Waals surface area contributed by atoms with Crippen molar-refractivity contribution in [2.45, 2.75) is 32.0 Å². The van der Waals surface area contributed by atoms with Crippen LogP contribution < -0.4 is 10.6 Å². The van der Waals surface area contributed by atoms with Gasteiger partial charge in [-0.3, -0.25) is 20.1 Å². The molecule has 2 aliphatic heterocycles. The molecule has 3 N–H and O–H groups in total. The van der Waals surface area contributed by atoms with Crippen LogP contribution in [0.4, 0.5) is 15.0 Å². The summed E-state index contributed by atoms with van der Waals surface area (Å²) in [5.41, 5.74) is 6.17. The number of urea groups is 1. The molecule has 2 aromatic heterocycles. The van der Waals surface area contributed by atoms with Crippen molar-refractivity contribution < 1.29 is 19.0 Å². The van der Waals surface area contributed by atoms with Gasteiger partial charge in [0, 0.05) is 69.6 Å². The van der Waals surface area contributed by atoms with Crippen LogP contribution in [0.15, 0.2) is 66.9 Å². The number of likely N-dealkylation sites (tertiary alicyclic amines) is 1. The smallest absolute Gasteiger partial charge is 0.320 e. The molecule has 2 atom stereocenters. The maximum absolute atomic E-state index is 14.2. The lowest BCUT2D eigenvalue weighted by atomic mass is 9.94. The fourth-order valence-electron chi connectivity index (χ4n) is 6.25. The van der Waals surface area contributed by atoms with Crippen LogP contribution in [0.25, 0.3) is 16.9 Å². The van der Waals surface area contributed by atoms with Gasteiger partial charge in [-0.2, -0.15) is 5.10 Å². The SMILES string of the molecule is COCCN1CC(NC(=O)Nc2c(C)c(-c3cnc4c(c3)CN(CCO)C4)nn2-c2ccccc2)C(c2cccc(F)c2)C1. The van der Waals surface area contributed by atoms with E-state index >= 15 is 0 Å². The lowest BCUT2D eigenvalue weighted by Crippen LogP contribution is -2.42. The first kappa shape index (κ1) is 29.9. The highest BCUT2D eigenvalue weighted by molar-refractivity contribution is 5.91. The fourth-order valence-corrected chi connectivity index (χ4v) is 6.25. The molecule has 0 radical (unpaired) electrons. The summed E-state index contributed by atoms with van der Waals surface area (Å²) in [6.07, 6.45) is 1.83. The number of hydrogen-bond acceptors (Lipinski definition) is 7. The van der Waals surface area contributed by atoms with Crippen LogP contribution in [-0.2, 0) is 17.8 Å². The van der Waals surface area contributed by atoms with Gasteiger partial charge in [0.2, 0.25) is 0 Å². The Morgan fingerprint density at radius 1 is 1.07 bits per heavy atom. The highest BCUT2D eigenvalue weighted by atomic mass is 19.1. The summed E-state index contributed by atoms with van der Waals surface area (Å²) < 4.78 is 21.2. The molecule has 11 heteroatoms. The molecule has 10 nitrogen and oxygen atoms in total. The Morgan fingerprint density at radius 2 is 1.91 bits per heavy atom. The number of benzene rings is 2. The second-order valence-electron chi connectivity index (χ2n) is 11.5. The number of ether oxygens (including phenoxy) is 1. The number of methoxy groups -OCH3 is 1. The first-order valence-electron chi connectivity index (χ1n) is 14.9. The third-order valence-corrected chi connectivity index (χ3v) is 8.47. The third-order valence-electron chi connectivity index (χ3n) is 8.47. The molecule has 2 aromatic carbocycles. The van der Waals surface area contributed by atoms with Crippen molar-refractivity contribution in [3.63, 3.8) is 0 Å². The monoisotopic (exact) mass is 599 g/mol. The number of nitrogens with zero attached hydrogens (tertiary/aromatic N) is 5. The van der Waals surface area contributed by atoms with Gasteiger partial charge in [0.25, 0.3) is 0 Å². The first-order valence-corrected chi connectivity index (χ1v) is 14.9. The van der Waals surface area contributed by atoms with Gasteiger partial charge in [-0.25, -0.2) is 13.9 Å². The summed E-state index contributed by atoms with van der Waals surface area (Å²) in [4.78, 5) is 22.7. The number of aliphatic hydroxyl groups is 1. The summed E-state index contributed by atoms with van der Waals surface area (Å²) in [5, 5.41) is 20.6. The highest BCUT2D eigenvalue weighted by Crippen LogP contribution is 2.33. The van der Waals surface area contributed by atoms with Gasteiger partial charge < -0.3 is 15.2 Å². The summed E-state index contributed by atoms with van der Waals surface area (Å²) in [6, 6.07) is 17.8. The molecular weight excluding hydrogens is 561 g/mol. The van der Waals surface area contributed by atoms with Crippen molar-refractivity contribution >= 4 is 11.8 Å². The largest absolute Gasteiger partial charge is 0.395 e. The molecule has 1 fully saturated rings. The lowest BCUT2D eigenvalue weighted by molar-refractivity contribution is 0.159. The molecule has 230 valence electrons. The molecule has 2 aliphatic rings. The van der Waals surface area contributed by atoms with E-state index in [-0.39, 0.29) is 30.4 Å². The Balaban J connectivity index is 1.27. The molecule has 44 heavy (non-hydrogen) atoms. The maximum atomic E-state index is 14.2. The van der Waals surface area contributed by atoms with Crippen molar-refractivity contribution in [1.82, 2.24) is 29.9 Å². The number of fused-ring (bicyclic) bond motifs is 1. The molecule has 1 saturated heterocycles. The second-order valence-corrected chi connectivity index (χ2v) is 11.5. The molecule has 2 unspecified atom stereocenters. The van der Waals surface area contributed by atoms with Gasteiger partial charge in [0.05, 0.1) is 36.3 Å². The van der Waals surface area contributed by atoms with Gasteiger partial charge in [0.15, 0.2) is 0 Å². The standard InChI is InChI=1S/C33H38FN7O3/c1-22-31(24-15-25-18-39(11-13-42)20-29(25)35-17-24)38-41(27-9-4-3-5-10-27)32(22)37-33(43)36-30-21-40(12-14-44-2)19-28(30)23-7-6-8-26(34)16-23/h3-10,15-17,28,30,42H,11-14,18-21H2,1-2H3,(H2,36,37,43). The molecule has 6 rings (SSSR count). The number of para-hydroxylation sites is 1. The number of aliphatic hydroxyl groups excluding tert-OH is 1. The van der Waals surface area contributed by atoms with Crippen LogP contribution in [0.1, 0.15) is 28.3 Å². The molecule has 4 aromatic rings. The zero-order valence-corrected chi connectivity index (χ0v) is 25.0. The number of carbonyl (C=O) groups is 1. The number of nitrogens with one attached hydrogen (secondary N) is 2. The predicted molar refractivity (Wildman–Crippen MR) is 166 cm³/mol. The number of carbonyl (C=O) groups excluding carboxylic acids is 1. The highest BCUT2D eigenvalue weighted by Gasteiger charge is 2.35. The molecule has 0 aliphatic carbocycles. The minimum atomic E-state index is -0.358. The Labute approximate surface area is 256 Å². The summed E-state index contributed by atoms with van der Waals surface area (Å²) >= 11 is 0. The second kappa shape index (κ2) is 13.2. The Kier molecular flexibility index (Phi) is 8.99. The summed E-state index contributed by atoms with van der Waals surface area (Å²) in [7, 11) is 1.67. The molecule has 0 spiro atoms. The van der Waals surface area contributed by atoms with Crippen LogP contribution >= 0.6 is 0 Å². The van der Waals surface area contributed by atoms with Crippen LogP contribution in [-0.4, -0.2) is 88.2 Å². The van der Waals surface area contributed by atoms with Crippen LogP contribution in [0.2, 0.25) is 0 Å². The number of pyridine rings is 1. The average molecular weight is 600 g/mol. The zero-order chi connectivity index (χ0) is 30.6. The van der Waals surface area contributed by atoms with E-state index in [0.29, 0.717) is 38.6 Å². The van der Waals surface area contributed by atoms with Gasteiger partial charge in [-0.15, -0.1) is 0 Å². The molecule has 4 heterocycles. The number of rotatable bonds is 10. The number of halogens is 1. The topological polar surface area (TPSA) is 108 Å². The van der Waals surface area contributed by atoms with Gasteiger partial charge >= 0.3 is 6.03 Å². The third kappa shape index (κ3) is 6.36. The van der Waals surface area contributed by atoms with E-state index in [1.165, 1.54) is 6.07 Å². The van der Waals surface area contributed by atoms with E-state index in [1.54, 1.807) is 23.9 Å². The quantitative estimate of drug-likeness (QED) is 0.254. The minimum Gasteiger partial charge on any atom is -0.395 e. The number of aromatic nitrogens is 3. The van der Waals surface area contributed by atoms with E-state index in [0.717, 1.165) is 52.4 Å². The molecule has 2 amide bonds. The van der Waals surface area contributed by atoms with E-state index in [2.05, 4.69) is 26.5 Å². The summed E-state index contributed by atoms with van der Waals surface area (Å²) in [6.45, 7) is 6.68. The molecular formula is C33H38FN7O3. The average Bonchev–Trinajstić information content (AvgIpc) is 3.71. The zero-order valence-electron chi connectivity index (χ0n) is 25.0. The Morgan fingerprint density at radius 3 is 2.68 bits per heavy atom. The van der Waals surface area contributed by atoms with E-state index in [4.69, 9.17) is 14.8 Å². The number of anilines is 1. The molecule has 0 bridgehead atoms. The van der Waals surface area contributed by atoms with Gasteiger partial charge in [0.1, 0.15) is 11.6 Å². The summed E-state index contributed by atoms with van der Waals surface area (Å²) in [5.74, 6) is 0.188. The van der Waals surface area contributed by atoms with E-state index in [1.807, 2.05) is 49.5 Å². The minimum absolute atomic E-state index is 0.0770.